The quantitative estimate of drug-likeness (QED) is 0.656. The molecule has 1 heterocycles. The molecule has 1 aromatic rings. The third kappa shape index (κ3) is 4.81. The maximum Gasteiger partial charge on any atom is 0.243 e. The number of nitrogens with two attached hydrogens (primary N) is 1. The van der Waals surface area contributed by atoms with Crippen molar-refractivity contribution >= 4 is 17.5 Å². The zero-order valence-electron chi connectivity index (χ0n) is 11.4. The van der Waals surface area contributed by atoms with E-state index in [1.165, 1.54) is 0 Å². The molecule has 0 aliphatic heterocycles. The van der Waals surface area contributed by atoms with Crippen LogP contribution in [0.2, 0.25) is 5.02 Å². The Morgan fingerprint density at radius 1 is 1.53 bits per heavy atom. The van der Waals surface area contributed by atoms with Crippen molar-refractivity contribution in [1.82, 2.24) is 15.1 Å². The van der Waals surface area contributed by atoms with Crippen molar-refractivity contribution in [2.45, 2.75) is 33.4 Å². The topological polar surface area (TPSA) is 82.2 Å². The van der Waals surface area contributed by atoms with Gasteiger partial charge in [-0.3, -0.25) is 9.48 Å². The monoisotopic (exact) mass is 288 g/mol. The number of aromatic nitrogens is 2. The number of aryl methyl sites for hydroxylation is 2. The van der Waals surface area contributed by atoms with Crippen molar-refractivity contribution < 1.29 is 9.53 Å². The van der Waals surface area contributed by atoms with Crippen molar-refractivity contribution in [1.29, 1.82) is 0 Å². The Bertz CT molecular complexity index is 420. The molecule has 108 valence electrons. The van der Waals surface area contributed by atoms with Gasteiger partial charge in [0.15, 0.2) is 0 Å². The van der Waals surface area contributed by atoms with E-state index in [1.54, 1.807) is 0 Å². The van der Waals surface area contributed by atoms with E-state index in [2.05, 4.69) is 10.4 Å². The van der Waals surface area contributed by atoms with Gasteiger partial charge >= 0.3 is 0 Å². The number of carbonyl (C=O) groups is 1. The van der Waals surface area contributed by atoms with E-state index in [9.17, 15) is 4.79 Å². The first-order valence-corrected chi connectivity index (χ1v) is 6.78. The summed E-state index contributed by atoms with van der Waals surface area (Å²) in [5.74, 6) is -0.459. The lowest BCUT2D eigenvalue weighted by molar-refractivity contribution is -0.122. The number of rotatable bonds is 9. The van der Waals surface area contributed by atoms with E-state index in [-0.39, 0.29) is 6.61 Å². The molecular weight excluding hydrogens is 268 g/mol. The molecule has 0 bridgehead atoms. The molecule has 0 fully saturated rings. The minimum Gasteiger partial charge on any atom is -0.370 e. The number of halogens is 1. The van der Waals surface area contributed by atoms with E-state index >= 15 is 0 Å². The second-order valence-corrected chi connectivity index (χ2v) is 4.45. The lowest BCUT2D eigenvalue weighted by Gasteiger charge is -2.07. The fourth-order valence-corrected chi connectivity index (χ4v) is 2.05. The summed E-state index contributed by atoms with van der Waals surface area (Å²) < 4.78 is 6.95. The van der Waals surface area contributed by atoms with Gasteiger partial charge < -0.3 is 15.8 Å². The zero-order chi connectivity index (χ0) is 14.3. The van der Waals surface area contributed by atoms with Crippen LogP contribution >= 0.6 is 11.6 Å². The predicted molar refractivity (Wildman–Crippen MR) is 74.0 cm³/mol. The van der Waals surface area contributed by atoms with Crippen LogP contribution in [0.1, 0.15) is 25.2 Å². The Kier molecular flexibility index (Phi) is 6.83. The van der Waals surface area contributed by atoms with Gasteiger partial charge in [0.25, 0.3) is 0 Å². The Morgan fingerprint density at radius 2 is 2.26 bits per heavy atom. The van der Waals surface area contributed by atoms with Crippen molar-refractivity contribution in [2.75, 3.05) is 19.8 Å². The Morgan fingerprint density at radius 3 is 2.84 bits per heavy atom. The molecule has 1 aromatic heterocycles. The summed E-state index contributed by atoms with van der Waals surface area (Å²) in [6.45, 7) is 6.48. The smallest absolute Gasteiger partial charge is 0.243 e. The fourth-order valence-electron chi connectivity index (χ4n) is 1.71. The molecule has 6 nitrogen and oxygen atoms in total. The van der Waals surface area contributed by atoms with Crippen molar-refractivity contribution in [3.63, 3.8) is 0 Å². The summed E-state index contributed by atoms with van der Waals surface area (Å²) in [5.41, 5.74) is 6.86. The average molecular weight is 289 g/mol. The maximum atomic E-state index is 10.5. The van der Waals surface area contributed by atoms with Crippen LogP contribution in [-0.4, -0.2) is 35.4 Å². The first kappa shape index (κ1) is 15.9. The molecule has 0 saturated carbocycles. The summed E-state index contributed by atoms with van der Waals surface area (Å²) in [4.78, 5) is 10.5. The van der Waals surface area contributed by atoms with E-state index in [0.717, 1.165) is 29.4 Å². The van der Waals surface area contributed by atoms with Crippen molar-refractivity contribution in [3.8, 4) is 0 Å². The number of nitrogens with one attached hydrogen (secondary N) is 1. The molecule has 0 spiro atoms. The average Bonchev–Trinajstić information content (AvgIpc) is 2.69. The highest BCUT2D eigenvalue weighted by Crippen LogP contribution is 2.21. The second kappa shape index (κ2) is 8.14. The van der Waals surface area contributed by atoms with E-state index in [0.29, 0.717) is 19.7 Å². The van der Waals surface area contributed by atoms with Crippen LogP contribution in [-0.2, 0) is 29.0 Å². The molecule has 7 heteroatoms. The fraction of sp³-hybridized carbons (Fsp3) is 0.667. The number of carbonyl (C=O) groups excluding carboxylic acids is 1. The van der Waals surface area contributed by atoms with Gasteiger partial charge in [-0.05, 0) is 13.3 Å². The third-order valence-corrected chi connectivity index (χ3v) is 3.09. The molecule has 0 unspecified atom stereocenters. The molecular formula is C12H21ClN4O2. The summed E-state index contributed by atoms with van der Waals surface area (Å²) in [6.07, 6.45) is 0.820. The molecule has 1 amide bonds. The molecule has 1 rings (SSSR count). The van der Waals surface area contributed by atoms with Crippen LogP contribution in [0.3, 0.4) is 0 Å². The van der Waals surface area contributed by atoms with E-state index in [4.69, 9.17) is 22.1 Å². The Balaban J connectivity index is 2.40. The van der Waals surface area contributed by atoms with Crippen LogP contribution in [0.15, 0.2) is 0 Å². The zero-order valence-corrected chi connectivity index (χ0v) is 12.2. The Hall–Kier alpha value is -1.11. The first-order valence-electron chi connectivity index (χ1n) is 6.40. The number of nitrogens with zero attached hydrogens (tertiary/aromatic N) is 2. The molecule has 0 aliphatic rings. The van der Waals surface area contributed by atoms with Gasteiger partial charge in [-0.1, -0.05) is 18.5 Å². The molecule has 19 heavy (non-hydrogen) atoms. The van der Waals surface area contributed by atoms with Crippen LogP contribution in [0, 0.1) is 0 Å². The minimum absolute atomic E-state index is 0.0463. The van der Waals surface area contributed by atoms with E-state index in [1.807, 2.05) is 18.5 Å². The third-order valence-electron chi connectivity index (χ3n) is 2.65. The van der Waals surface area contributed by atoms with E-state index < -0.39 is 5.91 Å². The lowest BCUT2D eigenvalue weighted by atomic mass is 10.3. The van der Waals surface area contributed by atoms with Crippen LogP contribution in [0.5, 0.6) is 0 Å². The Labute approximate surface area is 118 Å². The van der Waals surface area contributed by atoms with Crippen molar-refractivity contribution in [3.05, 3.63) is 16.4 Å². The predicted octanol–water partition coefficient (Wildman–Crippen LogP) is 0.710. The molecule has 3 N–H and O–H groups in total. The summed E-state index contributed by atoms with van der Waals surface area (Å²) >= 11 is 6.27. The molecule has 0 radical (unpaired) electrons. The lowest BCUT2D eigenvalue weighted by Crippen LogP contribution is -2.24. The number of hydrogen-bond acceptors (Lipinski definition) is 4. The number of primary amides is 1. The van der Waals surface area contributed by atoms with Crippen LogP contribution in [0.25, 0.3) is 0 Å². The normalized spacial score (nSPS) is 10.9. The number of ether oxygens (including phenoxy) is 1. The maximum absolute atomic E-state index is 10.5. The highest BCUT2D eigenvalue weighted by Gasteiger charge is 2.13. The standard InChI is InChI=1S/C12H21ClN4O2/c1-3-9-12(13)10(17(4-2)16-9)7-15-5-6-19-8-11(14)18/h15H,3-8H2,1-2H3,(H2,14,18). The van der Waals surface area contributed by atoms with Crippen LogP contribution < -0.4 is 11.1 Å². The van der Waals surface area contributed by atoms with Crippen LogP contribution in [0.4, 0.5) is 0 Å². The largest absolute Gasteiger partial charge is 0.370 e. The van der Waals surface area contributed by atoms with Gasteiger partial charge in [0.2, 0.25) is 5.91 Å². The molecule has 0 atom stereocenters. The highest BCUT2D eigenvalue weighted by molar-refractivity contribution is 6.31. The van der Waals surface area contributed by atoms with Gasteiger partial charge in [0.1, 0.15) is 6.61 Å². The second-order valence-electron chi connectivity index (χ2n) is 4.07. The number of hydrogen-bond donors (Lipinski definition) is 2. The van der Waals surface area contributed by atoms with Gasteiger partial charge in [-0.15, -0.1) is 0 Å². The summed E-state index contributed by atoms with van der Waals surface area (Å²) in [5, 5.41) is 8.37. The molecule has 0 saturated heterocycles. The highest BCUT2D eigenvalue weighted by atomic mass is 35.5. The van der Waals surface area contributed by atoms with Gasteiger partial charge in [-0.2, -0.15) is 5.10 Å². The first-order chi connectivity index (χ1) is 9.10. The number of amides is 1. The minimum atomic E-state index is -0.459. The van der Waals surface area contributed by atoms with Gasteiger partial charge in [-0.25, -0.2) is 0 Å². The summed E-state index contributed by atoms with van der Waals surface area (Å²) in [7, 11) is 0. The van der Waals surface area contributed by atoms with Gasteiger partial charge in [0, 0.05) is 19.6 Å². The van der Waals surface area contributed by atoms with Gasteiger partial charge in [0.05, 0.1) is 23.0 Å². The molecule has 0 aromatic carbocycles. The summed E-state index contributed by atoms with van der Waals surface area (Å²) in [6, 6.07) is 0. The van der Waals surface area contributed by atoms with Crippen molar-refractivity contribution in [2.24, 2.45) is 5.73 Å². The molecule has 0 aliphatic carbocycles. The SMILES string of the molecule is CCc1nn(CC)c(CNCCOCC(N)=O)c1Cl.